The zero-order chi connectivity index (χ0) is 19.4. The molecule has 0 fully saturated rings. The van der Waals surface area contributed by atoms with Crippen molar-refractivity contribution in [3.8, 4) is 0 Å². The molecule has 1 amide bonds. The third-order valence-electron chi connectivity index (χ3n) is 3.65. The van der Waals surface area contributed by atoms with Crippen LogP contribution in [0.1, 0.15) is 27.2 Å². The number of nitrogens with one attached hydrogen (secondary N) is 1. The normalized spacial score (nSPS) is 36.3. The van der Waals surface area contributed by atoms with E-state index in [2.05, 4.69) is 5.32 Å². The average Bonchev–Trinajstić information content (AvgIpc) is 2.58. The summed E-state index contributed by atoms with van der Waals surface area (Å²) in [5, 5.41) is 22.8. The molecule has 4 heteroatoms. The predicted octanol–water partition coefficient (Wildman–Crippen LogP) is 3.29. The fourth-order valence-corrected chi connectivity index (χ4v) is 2.18. The molecule has 26 heavy (non-hydrogen) atoms. The molecule has 0 spiro atoms. The average molecular weight is 355 g/mol. The van der Waals surface area contributed by atoms with Crippen molar-refractivity contribution in [1.29, 1.82) is 0 Å². The fourth-order valence-electron chi connectivity index (χ4n) is 2.18. The van der Waals surface area contributed by atoms with Gasteiger partial charge in [-0.1, -0.05) is 78.0 Å². The zero-order valence-corrected chi connectivity index (χ0v) is 15.7. The molecule has 1 aliphatic heterocycles. The quantitative estimate of drug-likeness (QED) is 0.624. The van der Waals surface area contributed by atoms with Crippen LogP contribution in [0.3, 0.4) is 0 Å². The summed E-state index contributed by atoms with van der Waals surface area (Å²) < 4.78 is 0. The largest absolute Gasteiger partial charge is 0.386 e. The van der Waals surface area contributed by atoms with E-state index < -0.39 is 12.2 Å². The van der Waals surface area contributed by atoms with Gasteiger partial charge in [0.05, 0.1) is 0 Å². The van der Waals surface area contributed by atoms with Crippen molar-refractivity contribution in [2.24, 2.45) is 0 Å². The maximum Gasteiger partial charge on any atom is 0.244 e. The Balaban J connectivity index is 2.96. The van der Waals surface area contributed by atoms with Crippen molar-refractivity contribution < 1.29 is 15.0 Å². The fraction of sp³-hybridized carbons (Fsp3) is 0.318. The molecule has 1 rings (SSSR count). The van der Waals surface area contributed by atoms with Gasteiger partial charge in [-0.3, -0.25) is 4.79 Å². The second-order valence-corrected chi connectivity index (χ2v) is 6.34. The molecule has 0 bridgehead atoms. The Morgan fingerprint density at radius 3 is 2.35 bits per heavy atom. The van der Waals surface area contributed by atoms with Crippen LogP contribution in [-0.4, -0.2) is 34.4 Å². The van der Waals surface area contributed by atoms with Crippen molar-refractivity contribution >= 4 is 5.91 Å². The molecule has 140 valence electrons. The van der Waals surface area contributed by atoms with Gasteiger partial charge in [-0.05, 0) is 27.2 Å². The highest BCUT2D eigenvalue weighted by molar-refractivity contribution is 5.87. The van der Waals surface area contributed by atoms with Crippen molar-refractivity contribution in [1.82, 2.24) is 5.32 Å². The van der Waals surface area contributed by atoms with E-state index in [9.17, 15) is 15.0 Å². The van der Waals surface area contributed by atoms with Crippen LogP contribution in [0.2, 0.25) is 0 Å². The first-order valence-corrected chi connectivity index (χ1v) is 8.76. The molecular formula is C22H29NO3. The second-order valence-electron chi connectivity index (χ2n) is 6.34. The van der Waals surface area contributed by atoms with Crippen LogP contribution >= 0.6 is 0 Å². The molecule has 0 unspecified atom stereocenters. The number of aliphatic hydroxyl groups excluding tert-OH is 2. The van der Waals surface area contributed by atoms with Gasteiger partial charge in [-0.15, -0.1) is 0 Å². The van der Waals surface area contributed by atoms with Gasteiger partial charge in [0.25, 0.3) is 0 Å². The SMILES string of the molecule is CC1=C\C=C\C[C@@H](C)NC(=O)/C=C/C=C/C(C)=C/[C@H](O)[C@H](O)/C=C\C=C\1. The zero-order valence-electron chi connectivity index (χ0n) is 15.7. The number of rotatable bonds is 0. The summed E-state index contributed by atoms with van der Waals surface area (Å²) in [6.07, 6.45) is 19.9. The molecule has 0 saturated heterocycles. The minimum atomic E-state index is -0.998. The number of carbonyl (C=O) groups is 1. The third kappa shape index (κ3) is 9.77. The first kappa shape index (κ1) is 21.6. The highest BCUT2D eigenvalue weighted by Crippen LogP contribution is 2.05. The standard InChI is InChI=1S/C22H29NO3/c1-17-10-4-7-13-19(3)23-22(26)15-9-6-12-18(2)16-21(25)20(24)14-8-5-11-17/h4-12,14-16,19-21,24-25H,13H2,1-3H3,(H,23,26)/b7-4+,11-5+,12-6+,14-8-,15-9+,17-10+,18-16+/t19-,20-,21+/m1/s1. The summed E-state index contributed by atoms with van der Waals surface area (Å²) >= 11 is 0. The lowest BCUT2D eigenvalue weighted by molar-refractivity contribution is -0.117. The van der Waals surface area contributed by atoms with E-state index in [1.165, 1.54) is 6.08 Å². The predicted molar refractivity (Wildman–Crippen MR) is 107 cm³/mol. The molecule has 0 aromatic rings. The van der Waals surface area contributed by atoms with E-state index in [1.54, 1.807) is 36.5 Å². The lowest BCUT2D eigenvalue weighted by Gasteiger charge is -2.10. The number of amides is 1. The van der Waals surface area contributed by atoms with Crippen molar-refractivity contribution in [2.75, 3.05) is 0 Å². The number of aliphatic hydroxyl groups is 2. The Kier molecular flexibility index (Phi) is 9.98. The Labute approximate surface area is 156 Å². The van der Waals surface area contributed by atoms with E-state index in [1.807, 2.05) is 51.2 Å². The molecule has 0 aromatic heterocycles. The number of allylic oxidation sites excluding steroid dienone is 10. The summed E-state index contributed by atoms with van der Waals surface area (Å²) in [4.78, 5) is 11.8. The molecule has 0 radical (unpaired) electrons. The van der Waals surface area contributed by atoms with E-state index >= 15 is 0 Å². The summed E-state index contributed by atoms with van der Waals surface area (Å²) in [6, 6.07) is 0.0448. The lowest BCUT2D eigenvalue weighted by Crippen LogP contribution is -2.30. The van der Waals surface area contributed by atoms with Crippen molar-refractivity contribution in [3.63, 3.8) is 0 Å². The Morgan fingerprint density at radius 1 is 0.923 bits per heavy atom. The Morgan fingerprint density at radius 2 is 1.58 bits per heavy atom. The third-order valence-corrected chi connectivity index (χ3v) is 3.65. The van der Waals surface area contributed by atoms with Gasteiger partial charge in [0, 0.05) is 12.1 Å². The maximum absolute atomic E-state index is 11.8. The lowest BCUT2D eigenvalue weighted by atomic mass is 10.1. The minimum absolute atomic E-state index is 0.0448. The molecule has 0 saturated carbocycles. The van der Waals surface area contributed by atoms with E-state index in [0.717, 1.165) is 17.6 Å². The first-order valence-electron chi connectivity index (χ1n) is 8.76. The van der Waals surface area contributed by atoms with Crippen LogP contribution in [0.4, 0.5) is 0 Å². The van der Waals surface area contributed by atoms with Crippen molar-refractivity contribution in [2.45, 2.75) is 45.4 Å². The van der Waals surface area contributed by atoms with E-state index in [0.29, 0.717) is 0 Å². The number of hydrogen-bond donors (Lipinski definition) is 3. The maximum atomic E-state index is 11.8. The van der Waals surface area contributed by atoms with Crippen LogP contribution in [0.15, 0.2) is 84.1 Å². The van der Waals surface area contributed by atoms with Crippen LogP contribution < -0.4 is 5.32 Å². The monoisotopic (exact) mass is 355 g/mol. The molecule has 1 aliphatic rings. The summed E-state index contributed by atoms with van der Waals surface area (Å²) in [6.45, 7) is 5.75. The van der Waals surface area contributed by atoms with Gasteiger partial charge in [-0.2, -0.15) is 0 Å². The Bertz CT molecular complexity index is 663. The van der Waals surface area contributed by atoms with E-state index in [-0.39, 0.29) is 11.9 Å². The summed E-state index contributed by atoms with van der Waals surface area (Å²) in [5.41, 5.74) is 1.84. The smallest absolute Gasteiger partial charge is 0.244 e. The topological polar surface area (TPSA) is 69.6 Å². The highest BCUT2D eigenvalue weighted by atomic mass is 16.3. The van der Waals surface area contributed by atoms with Crippen molar-refractivity contribution in [3.05, 3.63) is 84.1 Å². The van der Waals surface area contributed by atoms with E-state index in [4.69, 9.17) is 0 Å². The molecule has 0 aromatic carbocycles. The van der Waals surface area contributed by atoms with Gasteiger partial charge in [0.15, 0.2) is 0 Å². The molecule has 0 aliphatic carbocycles. The molecule has 1 heterocycles. The molecule has 3 N–H and O–H groups in total. The summed E-state index contributed by atoms with van der Waals surface area (Å²) in [7, 11) is 0. The second kappa shape index (κ2) is 12.0. The van der Waals surface area contributed by atoms with Gasteiger partial charge in [-0.25, -0.2) is 0 Å². The van der Waals surface area contributed by atoms with Gasteiger partial charge in [0.1, 0.15) is 12.2 Å². The minimum Gasteiger partial charge on any atom is -0.386 e. The highest BCUT2D eigenvalue weighted by Gasteiger charge is 2.09. The number of carbonyl (C=O) groups excluding carboxylic acids is 1. The van der Waals surface area contributed by atoms with Crippen LogP contribution in [0, 0.1) is 0 Å². The van der Waals surface area contributed by atoms with Crippen LogP contribution in [-0.2, 0) is 4.79 Å². The first-order chi connectivity index (χ1) is 12.4. The number of hydrogen-bond acceptors (Lipinski definition) is 3. The molecule has 3 atom stereocenters. The van der Waals surface area contributed by atoms with Gasteiger partial charge >= 0.3 is 0 Å². The van der Waals surface area contributed by atoms with Crippen LogP contribution in [0.25, 0.3) is 0 Å². The van der Waals surface area contributed by atoms with Gasteiger partial charge in [0.2, 0.25) is 5.91 Å². The summed E-state index contributed by atoms with van der Waals surface area (Å²) in [5.74, 6) is -0.151. The van der Waals surface area contributed by atoms with Crippen LogP contribution in [0.5, 0.6) is 0 Å². The van der Waals surface area contributed by atoms with Gasteiger partial charge < -0.3 is 15.5 Å². The molecule has 4 nitrogen and oxygen atoms in total. The molecular weight excluding hydrogens is 326 g/mol. The Hall–Kier alpha value is -2.43.